The SMILES string of the molecule is CC1(C)c2ccc(-c3cccc(-c4c5ccccc5c(-c5ccccc5-c5cccc6c5oc5ccccc56)c5ccccc45)c3)cc2-c2cc3ccccc3cc21. The maximum Gasteiger partial charge on any atom is 0.143 e. The maximum absolute atomic E-state index is 6.60. The van der Waals surface area contributed by atoms with Crippen molar-refractivity contribution in [3.8, 4) is 55.6 Å². The van der Waals surface area contributed by atoms with E-state index in [1.54, 1.807) is 0 Å². The Kier molecular flexibility index (Phi) is 7.04. The molecule has 0 atom stereocenters. The summed E-state index contributed by atoms with van der Waals surface area (Å²) in [5.41, 5.74) is 16.9. The minimum Gasteiger partial charge on any atom is -0.455 e. The largest absolute Gasteiger partial charge is 0.455 e. The Labute approximate surface area is 337 Å². The Morgan fingerprint density at radius 2 is 0.862 bits per heavy atom. The average molecular weight is 739 g/mol. The lowest BCUT2D eigenvalue weighted by Crippen LogP contribution is -2.14. The molecule has 272 valence electrons. The first-order valence-electron chi connectivity index (χ1n) is 20.3. The Morgan fingerprint density at radius 1 is 0.328 bits per heavy atom. The highest BCUT2D eigenvalue weighted by atomic mass is 16.3. The summed E-state index contributed by atoms with van der Waals surface area (Å²) in [6.07, 6.45) is 0. The standard InChI is InChI=1S/C57H38O/c1-57(2)51-30-29-38(33-49(51)50-32-36-15-3-4-16-37(36)34-52(50)57)35-17-13-18-39(31-35)54-43-22-7-9-24-45(43)55(46-25-10-8-23-44(46)54)42-21-6-5-19-40(42)47-26-14-27-48-41-20-11-12-28-53(41)58-56(47)48/h3-34H,1-2H3. The minimum atomic E-state index is -0.0636. The van der Waals surface area contributed by atoms with Gasteiger partial charge in [0, 0.05) is 21.8 Å². The van der Waals surface area contributed by atoms with Crippen molar-refractivity contribution in [1.29, 1.82) is 0 Å². The molecule has 0 unspecified atom stereocenters. The molecule has 0 radical (unpaired) electrons. The van der Waals surface area contributed by atoms with Crippen LogP contribution in [-0.2, 0) is 5.41 Å². The third-order valence-electron chi connectivity index (χ3n) is 12.8. The molecular formula is C57H38O. The molecule has 0 aliphatic heterocycles. The van der Waals surface area contributed by atoms with E-state index in [1.807, 2.05) is 6.07 Å². The van der Waals surface area contributed by atoms with Gasteiger partial charge in [0.25, 0.3) is 0 Å². The molecule has 0 saturated carbocycles. The van der Waals surface area contributed by atoms with Gasteiger partial charge in [0.1, 0.15) is 11.2 Å². The molecule has 1 aliphatic carbocycles. The number of fused-ring (bicyclic) bond motifs is 9. The van der Waals surface area contributed by atoms with Crippen molar-refractivity contribution < 1.29 is 4.42 Å². The molecule has 0 fully saturated rings. The number of rotatable bonds is 4. The fraction of sp³-hybridized carbons (Fsp3) is 0.0526. The summed E-state index contributed by atoms with van der Waals surface area (Å²) < 4.78 is 6.60. The summed E-state index contributed by atoms with van der Waals surface area (Å²) in [5, 5.41) is 9.80. The van der Waals surface area contributed by atoms with Crippen LogP contribution in [0.2, 0.25) is 0 Å². The number of benzene rings is 10. The highest BCUT2D eigenvalue weighted by Crippen LogP contribution is 2.52. The van der Waals surface area contributed by atoms with Crippen molar-refractivity contribution in [3.05, 3.63) is 205 Å². The van der Waals surface area contributed by atoms with Gasteiger partial charge in [-0.2, -0.15) is 0 Å². The first-order valence-corrected chi connectivity index (χ1v) is 20.3. The van der Waals surface area contributed by atoms with E-state index < -0.39 is 0 Å². The van der Waals surface area contributed by atoms with Gasteiger partial charge in [0.15, 0.2) is 0 Å². The Morgan fingerprint density at radius 3 is 1.62 bits per heavy atom. The fourth-order valence-corrected chi connectivity index (χ4v) is 10.1. The molecule has 0 amide bonds. The maximum atomic E-state index is 6.60. The van der Waals surface area contributed by atoms with Gasteiger partial charge in [-0.05, 0) is 124 Å². The molecule has 58 heavy (non-hydrogen) atoms. The van der Waals surface area contributed by atoms with E-state index in [2.05, 4.69) is 202 Å². The normalized spacial score (nSPS) is 13.1. The number of hydrogen-bond acceptors (Lipinski definition) is 1. The highest BCUT2D eigenvalue weighted by Gasteiger charge is 2.36. The van der Waals surface area contributed by atoms with E-state index in [4.69, 9.17) is 4.42 Å². The van der Waals surface area contributed by atoms with Gasteiger partial charge < -0.3 is 4.42 Å². The molecule has 0 spiro atoms. The van der Waals surface area contributed by atoms with E-state index in [1.165, 1.54) is 88.0 Å². The molecule has 11 aromatic rings. The van der Waals surface area contributed by atoms with Crippen molar-refractivity contribution in [3.63, 3.8) is 0 Å². The quantitative estimate of drug-likeness (QED) is 0.164. The van der Waals surface area contributed by atoms with Gasteiger partial charge in [-0.15, -0.1) is 0 Å². The topological polar surface area (TPSA) is 13.1 Å². The second-order valence-electron chi connectivity index (χ2n) is 16.4. The monoisotopic (exact) mass is 738 g/mol. The molecule has 1 aliphatic rings. The fourth-order valence-electron chi connectivity index (χ4n) is 10.1. The van der Waals surface area contributed by atoms with Crippen LogP contribution in [0.3, 0.4) is 0 Å². The molecule has 1 heteroatoms. The van der Waals surface area contributed by atoms with Gasteiger partial charge >= 0.3 is 0 Å². The molecule has 0 saturated heterocycles. The third-order valence-corrected chi connectivity index (χ3v) is 12.8. The molecule has 1 aromatic heterocycles. The van der Waals surface area contributed by atoms with Crippen LogP contribution in [0.5, 0.6) is 0 Å². The highest BCUT2D eigenvalue weighted by molar-refractivity contribution is 6.23. The Hall–Kier alpha value is -7.22. The number of furan rings is 1. The lowest BCUT2D eigenvalue weighted by molar-refractivity contribution is 0.661. The summed E-state index contributed by atoms with van der Waals surface area (Å²) in [6, 6.07) is 71.4. The lowest BCUT2D eigenvalue weighted by atomic mass is 9.81. The second-order valence-corrected chi connectivity index (χ2v) is 16.4. The molecule has 12 rings (SSSR count). The zero-order valence-electron chi connectivity index (χ0n) is 32.4. The predicted molar refractivity (Wildman–Crippen MR) is 246 cm³/mol. The summed E-state index contributed by atoms with van der Waals surface area (Å²) in [5.74, 6) is 0. The first kappa shape index (κ1) is 33.0. The smallest absolute Gasteiger partial charge is 0.143 e. The Balaban J connectivity index is 1.05. The first-order chi connectivity index (χ1) is 28.5. The minimum absolute atomic E-state index is 0.0636. The lowest BCUT2D eigenvalue weighted by Gasteiger charge is -2.22. The summed E-state index contributed by atoms with van der Waals surface area (Å²) in [7, 11) is 0. The zero-order chi connectivity index (χ0) is 38.5. The third kappa shape index (κ3) is 4.77. The predicted octanol–water partition coefficient (Wildman–Crippen LogP) is 16.0. The van der Waals surface area contributed by atoms with Crippen molar-refractivity contribution in [1.82, 2.24) is 0 Å². The number of hydrogen-bond donors (Lipinski definition) is 0. The van der Waals surface area contributed by atoms with Crippen LogP contribution in [0.25, 0.3) is 110 Å². The average Bonchev–Trinajstić information content (AvgIpc) is 3.76. The summed E-state index contributed by atoms with van der Waals surface area (Å²) in [6.45, 7) is 4.73. The van der Waals surface area contributed by atoms with E-state index in [0.29, 0.717) is 0 Å². The van der Waals surface area contributed by atoms with Crippen molar-refractivity contribution in [2.75, 3.05) is 0 Å². The molecule has 0 bridgehead atoms. The second kappa shape index (κ2) is 12.4. The zero-order valence-corrected chi connectivity index (χ0v) is 32.4. The van der Waals surface area contributed by atoms with E-state index >= 15 is 0 Å². The summed E-state index contributed by atoms with van der Waals surface area (Å²) in [4.78, 5) is 0. The van der Waals surface area contributed by atoms with E-state index in [9.17, 15) is 0 Å². The van der Waals surface area contributed by atoms with Crippen LogP contribution in [-0.4, -0.2) is 0 Å². The van der Waals surface area contributed by atoms with Crippen molar-refractivity contribution in [2.24, 2.45) is 0 Å². The van der Waals surface area contributed by atoms with Gasteiger partial charge in [0.2, 0.25) is 0 Å². The molecule has 0 N–H and O–H groups in total. The van der Waals surface area contributed by atoms with Crippen LogP contribution in [0.15, 0.2) is 199 Å². The van der Waals surface area contributed by atoms with Crippen LogP contribution < -0.4 is 0 Å². The van der Waals surface area contributed by atoms with Crippen LogP contribution in [0.1, 0.15) is 25.0 Å². The molecule has 10 aromatic carbocycles. The van der Waals surface area contributed by atoms with E-state index in [0.717, 1.165) is 33.1 Å². The summed E-state index contributed by atoms with van der Waals surface area (Å²) >= 11 is 0. The van der Waals surface area contributed by atoms with Crippen LogP contribution in [0.4, 0.5) is 0 Å². The molecule has 1 nitrogen and oxygen atoms in total. The van der Waals surface area contributed by atoms with Crippen molar-refractivity contribution >= 4 is 54.3 Å². The molecular weight excluding hydrogens is 701 g/mol. The van der Waals surface area contributed by atoms with Gasteiger partial charge in [0.05, 0.1) is 0 Å². The van der Waals surface area contributed by atoms with Crippen LogP contribution >= 0.6 is 0 Å². The van der Waals surface area contributed by atoms with Gasteiger partial charge in [-0.1, -0.05) is 178 Å². The Bertz CT molecular complexity index is 3430. The molecule has 1 heterocycles. The number of para-hydroxylation sites is 2. The van der Waals surface area contributed by atoms with Gasteiger partial charge in [-0.3, -0.25) is 0 Å². The van der Waals surface area contributed by atoms with Crippen molar-refractivity contribution in [2.45, 2.75) is 19.3 Å². The van der Waals surface area contributed by atoms with E-state index in [-0.39, 0.29) is 5.41 Å². The van der Waals surface area contributed by atoms with Gasteiger partial charge in [-0.25, -0.2) is 0 Å². The van der Waals surface area contributed by atoms with Crippen LogP contribution in [0, 0.1) is 0 Å².